The Bertz CT molecular complexity index is 1630. The molecule has 1 heterocycles. The lowest BCUT2D eigenvalue weighted by atomic mass is 10.2. The average Bonchev–Trinajstić information content (AvgIpc) is 2.99. The largest absolute Gasteiger partial charge is 0.416 e. The summed E-state index contributed by atoms with van der Waals surface area (Å²) in [5, 5.41) is 7.13. The fourth-order valence-corrected chi connectivity index (χ4v) is 4.71. The van der Waals surface area contributed by atoms with E-state index in [0.29, 0.717) is 21.7 Å². The van der Waals surface area contributed by atoms with E-state index in [-0.39, 0.29) is 16.4 Å². The van der Waals surface area contributed by atoms with Gasteiger partial charge in [0.05, 0.1) is 21.5 Å². The van der Waals surface area contributed by atoms with Crippen LogP contribution in [-0.2, 0) is 15.8 Å². The van der Waals surface area contributed by atoms with Crippen LogP contribution in [0.2, 0.25) is 5.02 Å². The fourth-order valence-electron chi connectivity index (χ4n) is 3.68. The normalized spacial score (nSPS) is 12.3. The van der Waals surface area contributed by atoms with Crippen molar-refractivity contribution in [3.8, 4) is 0 Å². The summed E-state index contributed by atoms with van der Waals surface area (Å²) in [4.78, 5) is 43.3. The molecule has 0 bridgehead atoms. The molecule has 220 valence electrons. The minimum atomic E-state index is -4.58. The molecule has 0 aliphatic rings. The van der Waals surface area contributed by atoms with E-state index in [1.165, 1.54) is 6.08 Å². The second-order valence-corrected chi connectivity index (χ2v) is 10.9. The summed E-state index contributed by atoms with van der Waals surface area (Å²) < 4.78 is 39.2. The molecule has 4 aromatic rings. The van der Waals surface area contributed by atoms with E-state index in [2.05, 4.69) is 20.9 Å². The highest BCUT2D eigenvalue weighted by atomic mass is 35.5. The molecule has 7 nitrogen and oxygen atoms in total. The third-order valence-corrected chi connectivity index (χ3v) is 7.31. The molecule has 3 amide bonds. The Morgan fingerprint density at radius 1 is 0.930 bits per heavy atom. The number of nitrogens with one attached hydrogen (secondary N) is 3. The molecule has 0 radical (unpaired) electrons. The number of rotatable bonds is 9. The Morgan fingerprint density at radius 3 is 2.30 bits per heavy atom. The van der Waals surface area contributed by atoms with Crippen LogP contribution in [0, 0.1) is 0 Å². The standard InChI is InChI=1S/C31H24ClF3N4O3S/c1-19(28(40)38-26-17-22(31(33,34)35)9-14-25(26)32)43-24-12-10-23(11-13-24)37-30(42)27(16-20-6-5-15-36-18-20)39-29(41)21-7-3-2-4-8-21/h2-19H,1H3,(H,37,42)(H,38,40)(H,39,41)/b27-16-. The maximum atomic E-state index is 13.2. The summed E-state index contributed by atoms with van der Waals surface area (Å²) >= 11 is 7.15. The molecule has 3 aromatic carbocycles. The van der Waals surface area contributed by atoms with Crippen LogP contribution in [0.4, 0.5) is 24.5 Å². The lowest BCUT2D eigenvalue weighted by Gasteiger charge is -2.15. The highest BCUT2D eigenvalue weighted by Gasteiger charge is 2.31. The number of anilines is 2. The number of aromatic nitrogens is 1. The number of nitrogens with zero attached hydrogens (tertiary/aromatic N) is 1. The Morgan fingerprint density at radius 2 is 1.65 bits per heavy atom. The molecule has 0 aliphatic heterocycles. The van der Waals surface area contributed by atoms with E-state index in [0.717, 1.165) is 30.0 Å². The number of carbonyl (C=O) groups is 3. The quantitative estimate of drug-likeness (QED) is 0.134. The molecule has 43 heavy (non-hydrogen) atoms. The number of halogens is 4. The Hall–Kier alpha value is -4.61. The van der Waals surface area contributed by atoms with Crippen molar-refractivity contribution in [2.75, 3.05) is 10.6 Å². The van der Waals surface area contributed by atoms with Crippen LogP contribution in [0.25, 0.3) is 6.08 Å². The number of thioether (sulfide) groups is 1. The molecule has 0 spiro atoms. The van der Waals surface area contributed by atoms with Crippen molar-refractivity contribution in [1.82, 2.24) is 10.3 Å². The Kier molecular flexibility index (Phi) is 10.2. The molecule has 0 fully saturated rings. The third-order valence-electron chi connectivity index (χ3n) is 5.87. The molecule has 1 atom stereocenters. The monoisotopic (exact) mass is 624 g/mol. The van der Waals surface area contributed by atoms with Gasteiger partial charge in [-0.05, 0) is 79.2 Å². The zero-order valence-electron chi connectivity index (χ0n) is 22.5. The van der Waals surface area contributed by atoms with Gasteiger partial charge in [0.15, 0.2) is 0 Å². The number of carbonyl (C=O) groups excluding carboxylic acids is 3. The number of hydrogen-bond donors (Lipinski definition) is 3. The lowest BCUT2D eigenvalue weighted by Crippen LogP contribution is -2.30. The zero-order chi connectivity index (χ0) is 31.0. The summed E-state index contributed by atoms with van der Waals surface area (Å²) in [6.07, 6.45) is 0.0607. The maximum absolute atomic E-state index is 13.2. The van der Waals surface area contributed by atoms with E-state index >= 15 is 0 Å². The van der Waals surface area contributed by atoms with Gasteiger partial charge in [0, 0.05) is 28.5 Å². The van der Waals surface area contributed by atoms with E-state index in [9.17, 15) is 27.6 Å². The van der Waals surface area contributed by atoms with Crippen molar-refractivity contribution in [1.29, 1.82) is 0 Å². The van der Waals surface area contributed by atoms with Crippen molar-refractivity contribution in [2.45, 2.75) is 23.2 Å². The first-order valence-corrected chi connectivity index (χ1v) is 14.0. The number of alkyl halides is 3. The van der Waals surface area contributed by atoms with Crippen molar-refractivity contribution < 1.29 is 27.6 Å². The number of amides is 3. The summed E-state index contributed by atoms with van der Waals surface area (Å²) in [6.45, 7) is 1.60. The van der Waals surface area contributed by atoms with E-state index in [1.54, 1.807) is 86.0 Å². The van der Waals surface area contributed by atoms with Crippen molar-refractivity contribution in [3.63, 3.8) is 0 Å². The summed E-state index contributed by atoms with van der Waals surface area (Å²) in [6, 6.07) is 21.2. The molecule has 0 aliphatic carbocycles. The van der Waals surface area contributed by atoms with E-state index < -0.39 is 34.7 Å². The molecular weight excluding hydrogens is 601 g/mol. The number of hydrogen-bond acceptors (Lipinski definition) is 5. The van der Waals surface area contributed by atoms with Gasteiger partial charge < -0.3 is 16.0 Å². The van der Waals surface area contributed by atoms with Crippen molar-refractivity contribution in [3.05, 3.63) is 125 Å². The first kappa shape index (κ1) is 31.3. The van der Waals surface area contributed by atoms with Crippen LogP contribution >= 0.6 is 23.4 Å². The van der Waals surface area contributed by atoms with Crippen molar-refractivity contribution in [2.24, 2.45) is 0 Å². The van der Waals surface area contributed by atoms with Gasteiger partial charge in [0.1, 0.15) is 5.70 Å². The molecule has 12 heteroatoms. The van der Waals surface area contributed by atoms with Gasteiger partial charge >= 0.3 is 6.18 Å². The third kappa shape index (κ3) is 8.94. The van der Waals surface area contributed by atoms with Gasteiger partial charge in [0.2, 0.25) is 5.91 Å². The predicted molar refractivity (Wildman–Crippen MR) is 162 cm³/mol. The van der Waals surface area contributed by atoms with Gasteiger partial charge in [0.25, 0.3) is 11.8 Å². The topological polar surface area (TPSA) is 100 Å². The van der Waals surface area contributed by atoms with Gasteiger partial charge in [-0.1, -0.05) is 35.9 Å². The first-order chi connectivity index (χ1) is 20.5. The summed E-state index contributed by atoms with van der Waals surface area (Å²) in [5.74, 6) is -1.57. The lowest BCUT2D eigenvalue weighted by molar-refractivity contribution is -0.137. The smallest absolute Gasteiger partial charge is 0.324 e. The summed E-state index contributed by atoms with van der Waals surface area (Å²) in [7, 11) is 0. The molecule has 1 aromatic heterocycles. The van der Waals surface area contributed by atoms with Crippen LogP contribution < -0.4 is 16.0 Å². The summed E-state index contributed by atoms with van der Waals surface area (Å²) in [5.41, 5.74) is 0.338. The van der Waals surface area contributed by atoms with E-state index in [4.69, 9.17) is 11.6 Å². The van der Waals surface area contributed by atoms with Crippen LogP contribution in [0.3, 0.4) is 0 Å². The molecular formula is C31H24ClF3N4O3S. The molecule has 0 saturated heterocycles. The minimum absolute atomic E-state index is 0.00106. The first-order valence-electron chi connectivity index (χ1n) is 12.7. The van der Waals surface area contributed by atoms with Gasteiger partial charge in [-0.3, -0.25) is 19.4 Å². The molecule has 0 saturated carbocycles. The SMILES string of the molecule is CC(Sc1ccc(NC(=O)/C(=C/c2cccnc2)NC(=O)c2ccccc2)cc1)C(=O)Nc1cc(C(F)(F)F)ccc1Cl. The van der Waals surface area contributed by atoms with Gasteiger partial charge in [-0.15, -0.1) is 11.8 Å². The molecule has 4 rings (SSSR count). The number of pyridine rings is 1. The second-order valence-electron chi connectivity index (χ2n) is 9.08. The Balaban J connectivity index is 1.41. The van der Waals surface area contributed by atoms with Crippen molar-refractivity contribution >= 4 is 58.5 Å². The highest BCUT2D eigenvalue weighted by Crippen LogP contribution is 2.34. The highest BCUT2D eigenvalue weighted by molar-refractivity contribution is 8.00. The van der Waals surface area contributed by atoms with E-state index in [1.807, 2.05) is 0 Å². The van der Waals surface area contributed by atoms with Crippen LogP contribution in [-0.4, -0.2) is 28.0 Å². The maximum Gasteiger partial charge on any atom is 0.416 e. The van der Waals surface area contributed by atoms with Gasteiger partial charge in [-0.2, -0.15) is 13.2 Å². The predicted octanol–water partition coefficient (Wildman–Crippen LogP) is 7.28. The van der Waals surface area contributed by atoms with Gasteiger partial charge in [-0.25, -0.2) is 0 Å². The van der Waals surface area contributed by atoms with Crippen LogP contribution in [0.15, 0.2) is 108 Å². The zero-order valence-corrected chi connectivity index (χ0v) is 24.1. The average molecular weight is 625 g/mol. The Labute approximate surface area is 254 Å². The minimum Gasteiger partial charge on any atom is -0.324 e. The fraction of sp³-hybridized carbons (Fsp3) is 0.0968. The van der Waals surface area contributed by atoms with Crippen LogP contribution in [0.5, 0.6) is 0 Å². The van der Waals surface area contributed by atoms with Crippen LogP contribution in [0.1, 0.15) is 28.4 Å². The molecule has 3 N–H and O–H groups in total. The molecule has 1 unspecified atom stereocenters. The second kappa shape index (κ2) is 14.0. The number of benzene rings is 3.